The van der Waals surface area contributed by atoms with Gasteiger partial charge in [0, 0.05) is 37.1 Å². The summed E-state index contributed by atoms with van der Waals surface area (Å²) in [5.41, 5.74) is 1.72. The fourth-order valence-electron chi connectivity index (χ4n) is 2.54. The third-order valence-corrected chi connectivity index (χ3v) is 4.26. The second-order valence-electron chi connectivity index (χ2n) is 6.24. The monoisotopic (exact) mass is 388 g/mol. The largest absolute Gasteiger partial charge is 0.489 e. The lowest BCUT2D eigenvalue weighted by Crippen LogP contribution is -2.32. The minimum absolute atomic E-state index is 0.00756. The van der Waals surface area contributed by atoms with Gasteiger partial charge in [-0.1, -0.05) is 30.7 Å². The van der Waals surface area contributed by atoms with Gasteiger partial charge in [-0.3, -0.25) is 9.59 Å². The molecule has 144 valence electrons. The van der Waals surface area contributed by atoms with E-state index in [-0.39, 0.29) is 18.2 Å². The van der Waals surface area contributed by atoms with E-state index in [1.54, 1.807) is 17.0 Å². The van der Waals surface area contributed by atoms with Gasteiger partial charge in [0.2, 0.25) is 11.8 Å². The summed E-state index contributed by atoms with van der Waals surface area (Å²) in [6, 6.07) is 14.7. The lowest BCUT2D eigenvalue weighted by molar-refractivity contribution is -0.129. The molecule has 27 heavy (non-hydrogen) atoms. The number of nitrogens with one attached hydrogen (secondary N) is 1. The van der Waals surface area contributed by atoms with Gasteiger partial charge in [0.25, 0.3) is 0 Å². The molecular formula is C21H25ClN2O3. The molecule has 0 unspecified atom stereocenters. The molecule has 2 aromatic carbocycles. The number of hydrogen-bond donors (Lipinski definition) is 1. The van der Waals surface area contributed by atoms with Crippen LogP contribution in [0.25, 0.3) is 0 Å². The fourth-order valence-corrected chi connectivity index (χ4v) is 2.66. The Morgan fingerprint density at radius 3 is 2.30 bits per heavy atom. The van der Waals surface area contributed by atoms with Crippen molar-refractivity contribution in [1.29, 1.82) is 0 Å². The number of nitrogens with zero attached hydrogens (tertiary/aromatic N) is 1. The summed E-state index contributed by atoms with van der Waals surface area (Å²) in [4.78, 5) is 25.3. The lowest BCUT2D eigenvalue weighted by Gasteiger charge is -2.19. The molecule has 6 heteroatoms. The molecule has 0 aliphatic carbocycles. The number of benzene rings is 2. The number of carbonyl (C=O) groups excluding carboxylic acids is 2. The molecular weight excluding hydrogens is 364 g/mol. The van der Waals surface area contributed by atoms with Crippen molar-refractivity contribution in [2.75, 3.05) is 18.4 Å². The fraction of sp³-hybridized carbons (Fsp3) is 0.333. The standard InChI is InChI=1S/C21H25ClN2O3/c1-3-13-24(16(2)25)14-12-21(26)23-19-8-10-20(11-9-19)27-15-17-4-6-18(22)7-5-17/h4-11H,3,12-15H2,1-2H3,(H,23,26). The Kier molecular flexibility index (Phi) is 8.14. The quantitative estimate of drug-likeness (QED) is 0.687. The number of anilines is 1. The molecule has 0 saturated carbocycles. The van der Waals surface area contributed by atoms with E-state index in [4.69, 9.17) is 16.3 Å². The van der Waals surface area contributed by atoms with Crippen molar-refractivity contribution < 1.29 is 14.3 Å². The van der Waals surface area contributed by atoms with E-state index >= 15 is 0 Å². The van der Waals surface area contributed by atoms with Crippen LogP contribution in [0.5, 0.6) is 5.75 Å². The summed E-state index contributed by atoms with van der Waals surface area (Å²) in [6.45, 7) is 5.07. The van der Waals surface area contributed by atoms with Crippen molar-refractivity contribution in [2.24, 2.45) is 0 Å². The van der Waals surface area contributed by atoms with Crippen LogP contribution in [0.1, 0.15) is 32.3 Å². The number of halogens is 1. The zero-order chi connectivity index (χ0) is 19.6. The van der Waals surface area contributed by atoms with Crippen LogP contribution in [0.3, 0.4) is 0 Å². The van der Waals surface area contributed by atoms with Crippen molar-refractivity contribution in [2.45, 2.75) is 33.3 Å². The molecule has 0 fully saturated rings. The predicted molar refractivity (Wildman–Crippen MR) is 108 cm³/mol. The first-order valence-electron chi connectivity index (χ1n) is 9.00. The van der Waals surface area contributed by atoms with Crippen LogP contribution in [0.4, 0.5) is 5.69 Å². The third-order valence-electron chi connectivity index (χ3n) is 4.00. The Bertz CT molecular complexity index is 745. The minimum atomic E-state index is -0.118. The van der Waals surface area contributed by atoms with E-state index in [0.717, 1.165) is 12.0 Å². The maximum atomic E-state index is 12.1. The van der Waals surface area contributed by atoms with E-state index in [2.05, 4.69) is 5.32 Å². The first-order chi connectivity index (χ1) is 13.0. The lowest BCUT2D eigenvalue weighted by atomic mass is 10.2. The van der Waals surface area contributed by atoms with E-state index in [0.29, 0.717) is 36.2 Å². The molecule has 2 aromatic rings. The van der Waals surface area contributed by atoms with Crippen LogP contribution >= 0.6 is 11.6 Å². The molecule has 0 aliphatic rings. The van der Waals surface area contributed by atoms with Gasteiger partial charge in [-0.15, -0.1) is 0 Å². The molecule has 2 amide bonds. The second-order valence-corrected chi connectivity index (χ2v) is 6.68. The first-order valence-corrected chi connectivity index (χ1v) is 9.38. The third kappa shape index (κ3) is 7.31. The Labute approximate surface area is 165 Å². The predicted octanol–water partition coefficient (Wildman–Crippen LogP) is 4.51. The van der Waals surface area contributed by atoms with Gasteiger partial charge < -0.3 is 15.0 Å². The molecule has 0 bridgehead atoms. The number of ether oxygens (including phenoxy) is 1. The zero-order valence-electron chi connectivity index (χ0n) is 15.7. The molecule has 0 heterocycles. The number of rotatable bonds is 9. The smallest absolute Gasteiger partial charge is 0.226 e. The van der Waals surface area contributed by atoms with Crippen LogP contribution in [0.2, 0.25) is 5.02 Å². The minimum Gasteiger partial charge on any atom is -0.489 e. The topological polar surface area (TPSA) is 58.6 Å². The van der Waals surface area contributed by atoms with Crippen molar-refractivity contribution in [1.82, 2.24) is 4.90 Å². The maximum absolute atomic E-state index is 12.1. The molecule has 0 atom stereocenters. The van der Waals surface area contributed by atoms with Crippen LogP contribution in [0, 0.1) is 0 Å². The van der Waals surface area contributed by atoms with Gasteiger partial charge in [-0.05, 0) is 48.4 Å². The molecule has 1 N–H and O–H groups in total. The average molecular weight is 389 g/mol. The van der Waals surface area contributed by atoms with Crippen LogP contribution in [0.15, 0.2) is 48.5 Å². The van der Waals surface area contributed by atoms with Crippen molar-refractivity contribution in [3.05, 3.63) is 59.1 Å². The highest BCUT2D eigenvalue weighted by Crippen LogP contribution is 2.18. The summed E-state index contributed by atoms with van der Waals surface area (Å²) in [5.74, 6) is 0.590. The highest BCUT2D eigenvalue weighted by Gasteiger charge is 2.10. The molecule has 2 rings (SSSR count). The van der Waals surface area contributed by atoms with Crippen molar-refractivity contribution in [3.63, 3.8) is 0 Å². The van der Waals surface area contributed by atoms with Crippen molar-refractivity contribution >= 4 is 29.1 Å². The number of carbonyl (C=O) groups is 2. The summed E-state index contributed by atoms with van der Waals surface area (Å²) in [5, 5.41) is 3.53. The van der Waals surface area contributed by atoms with Gasteiger partial charge in [-0.2, -0.15) is 0 Å². The van der Waals surface area contributed by atoms with Gasteiger partial charge >= 0.3 is 0 Å². The zero-order valence-corrected chi connectivity index (χ0v) is 16.5. The van der Waals surface area contributed by atoms with Crippen molar-refractivity contribution in [3.8, 4) is 5.75 Å². The van der Waals surface area contributed by atoms with Gasteiger partial charge in [0.1, 0.15) is 12.4 Å². The highest BCUT2D eigenvalue weighted by atomic mass is 35.5. The Morgan fingerprint density at radius 2 is 1.70 bits per heavy atom. The van der Waals surface area contributed by atoms with E-state index in [9.17, 15) is 9.59 Å². The van der Waals surface area contributed by atoms with Gasteiger partial charge in [0.15, 0.2) is 0 Å². The van der Waals surface area contributed by atoms with E-state index in [1.807, 2.05) is 43.3 Å². The second kappa shape index (κ2) is 10.6. The highest BCUT2D eigenvalue weighted by molar-refractivity contribution is 6.30. The van der Waals surface area contributed by atoms with Gasteiger partial charge in [-0.25, -0.2) is 0 Å². The first kappa shape index (κ1) is 20.8. The van der Waals surface area contributed by atoms with Crippen LogP contribution in [-0.2, 0) is 16.2 Å². The summed E-state index contributed by atoms with van der Waals surface area (Å²) >= 11 is 5.86. The van der Waals surface area contributed by atoms with Crippen LogP contribution < -0.4 is 10.1 Å². The maximum Gasteiger partial charge on any atom is 0.226 e. The molecule has 0 radical (unpaired) electrons. The molecule has 0 spiro atoms. The Hall–Kier alpha value is -2.53. The molecule has 0 aromatic heterocycles. The van der Waals surface area contributed by atoms with Gasteiger partial charge in [0.05, 0.1) is 0 Å². The van der Waals surface area contributed by atoms with E-state index in [1.165, 1.54) is 6.92 Å². The van der Waals surface area contributed by atoms with Crippen LogP contribution in [-0.4, -0.2) is 29.8 Å². The normalized spacial score (nSPS) is 10.3. The molecule has 5 nitrogen and oxygen atoms in total. The average Bonchev–Trinajstić information content (AvgIpc) is 2.65. The summed E-state index contributed by atoms with van der Waals surface area (Å²) in [7, 11) is 0. The number of amides is 2. The summed E-state index contributed by atoms with van der Waals surface area (Å²) in [6.07, 6.45) is 1.15. The van der Waals surface area contributed by atoms with E-state index < -0.39 is 0 Å². The molecule has 0 saturated heterocycles. The number of hydrogen-bond acceptors (Lipinski definition) is 3. The summed E-state index contributed by atoms with van der Waals surface area (Å²) < 4.78 is 5.72. The molecule has 0 aliphatic heterocycles. The Balaban J connectivity index is 1.79. The Morgan fingerprint density at radius 1 is 1.04 bits per heavy atom. The SMILES string of the molecule is CCCN(CCC(=O)Nc1ccc(OCc2ccc(Cl)cc2)cc1)C(C)=O.